The molecule has 0 saturated heterocycles. The third-order valence-electron chi connectivity index (χ3n) is 4.62. The zero-order chi connectivity index (χ0) is 16.1. The lowest BCUT2D eigenvalue weighted by Crippen LogP contribution is -2.42. The predicted octanol–water partition coefficient (Wildman–Crippen LogP) is 3.16. The number of carbonyl (C=O) groups is 2. The molecule has 0 heterocycles. The molecule has 4 heteroatoms. The van der Waals surface area contributed by atoms with E-state index in [1.54, 1.807) is 6.07 Å². The molecule has 0 spiro atoms. The SMILES string of the molecule is Cc1cccc(C(=O)OCC(=O)N[C@@H]2CCCC[C@@H]2C)c1C. The molecule has 4 nitrogen and oxygen atoms in total. The van der Waals surface area contributed by atoms with Gasteiger partial charge >= 0.3 is 5.97 Å². The predicted molar refractivity (Wildman–Crippen MR) is 85.8 cm³/mol. The second-order valence-corrected chi connectivity index (χ2v) is 6.26. The molecule has 1 aliphatic carbocycles. The van der Waals surface area contributed by atoms with Gasteiger partial charge in [-0.3, -0.25) is 4.79 Å². The highest BCUT2D eigenvalue weighted by atomic mass is 16.5. The molecule has 0 bridgehead atoms. The number of amides is 1. The Bertz CT molecular complexity index is 553. The minimum atomic E-state index is -0.437. The van der Waals surface area contributed by atoms with E-state index in [2.05, 4.69) is 12.2 Å². The van der Waals surface area contributed by atoms with E-state index in [0.717, 1.165) is 30.4 Å². The average Bonchev–Trinajstić information content (AvgIpc) is 2.50. The summed E-state index contributed by atoms with van der Waals surface area (Å²) in [5, 5.41) is 2.99. The molecular formula is C18H25NO3. The quantitative estimate of drug-likeness (QED) is 0.869. The minimum Gasteiger partial charge on any atom is -0.452 e. The van der Waals surface area contributed by atoms with Gasteiger partial charge in [0.05, 0.1) is 5.56 Å². The minimum absolute atomic E-state index is 0.209. The summed E-state index contributed by atoms with van der Waals surface area (Å²) in [6.45, 7) is 5.78. The molecule has 1 aromatic carbocycles. The van der Waals surface area contributed by atoms with Gasteiger partial charge in [0.2, 0.25) is 0 Å². The molecule has 0 aliphatic heterocycles. The summed E-state index contributed by atoms with van der Waals surface area (Å²) in [5.41, 5.74) is 2.46. The van der Waals surface area contributed by atoms with Crippen LogP contribution in [-0.2, 0) is 9.53 Å². The van der Waals surface area contributed by atoms with E-state index in [1.807, 2.05) is 26.0 Å². The number of benzene rings is 1. The standard InChI is InChI=1S/C18H25NO3/c1-12-8-6-9-15(14(12)3)18(21)22-11-17(20)19-16-10-5-4-7-13(16)2/h6,8-9,13,16H,4-5,7,10-11H2,1-3H3,(H,19,20)/t13-,16+/m0/s1. The van der Waals surface area contributed by atoms with E-state index in [0.29, 0.717) is 11.5 Å². The third kappa shape index (κ3) is 4.09. The molecule has 1 N–H and O–H groups in total. The first-order valence-corrected chi connectivity index (χ1v) is 8.01. The van der Waals surface area contributed by atoms with Crippen molar-refractivity contribution in [3.05, 3.63) is 34.9 Å². The molecule has 0 unspecified atom stereocenters. The molecule has 1 amide bonds. The van der Waals surface area contributed by atoms with Crippen molar-refractivity contribution in [1.29, 1.82) is 0 Å². The maximum atomic E-state index is 12.1. The summed E-state index contributed by atoms with van der Waals surface area (Å²) in [5.74, 6) is -0.155. The lowest BCUT2D eigenvalue weighted by Gasteiger charge is -2.29. The molecule has 1 saturated carbocycles. The van der Waals surface area contributed by atoms with Crippen LogP contribution in [0.1, 0.15) is 54.1 Å². The number of nitrogens with one attached hydrogen (secondary N) is 1. The highest BCUT2D eigenvalue weighted by Crippen LogP contribution is 2.23. The molecule has 22 heavy (non-hydrogen) atoms. The first kappa shape index (κ1) is 16.5. The number of aryl methyl sites for hydroxylation is 1. The lowest BCUT2D eigenvalue weighted by molar-refractivity contribution is -0.125. The third-order valence-corrected chi connectivity index (χ3v) is 4.62. The Morgan fingerprint density at radius 1 is 1.23 bits per heavy atom. The summed E-state index contributed by atoms with van der Waals surface area (Å²) < 4.78 is 5.15. The van der Waals surface area contributed by atoms with Crippen LogP contribution in [-0.4, -0.2) is 24.5 Å². The number of ether oxygens (including phenoxy) is 1. The average molecular weight is 303 g/mol. The monoisotopic (exact) mass is 303 g/mol. The summed E-state index contributed by atoms with van der Waals surface area (Å²) in [6.07, 6.45) is 4.54. The second kappa shape index (κ2) is 7.43. The second-order valence-electron chi connectivity index (χ2n) is 6.26. The zero-order valence-corrected chi connectivity index (χ0v) is 13.6. The fourth-order valence-corrected chi connectivity index (χ4v) is 2.96. The Labute approximate surface area is 132 Å². The van der Waals surface area contributed by atoms with Crippen LogP contribution in [0.4, 0.5) is 0 Å². The molecule has 1 aromatic rings. The normalized spacial score (nSPS) is 21.2. The summed E-state index contributed by atoms with van der Waals surface area (Å²) in [6, 6.07) is 5.71. The molecule has 0 radical (unpaired) electrons. The summed E-state index contributed by atoms with van der Waals surface area (Å²) in [7, 11) is 0. The van der Waals surface area contributed by atoms with Gasteiger partial charge in [-0.25, -0.2) is 4.79 Å². The van der Waals surface area contributed by atoms with Crippen molar-refractivity contribution in [2.45, 2.75) is 52.5 Å². The van der Waals surface area contributed by atoms with Gasteiger partial charge in [0.25, 0.3) is 5.91 Å². The van der Waals surface area contributed by atoms with Crippen LogP contribution in [0.5, 0.6) is 0 Å². The Morgan fingerprint density at radius 2 is 1.95 bits per heavy atom. The zero-order valence-electron chi connectivity index (χ0n) is 13.6. The van der Waals surface area contributed by atoms with E-state index >= 15 is 0 Å². The van der Waals surface area contributed by atoms with Crippen molar-refractivity contribution in [2.24, 2.45) is 5.92 Å². The molecule has 2 rings (SSSR count). The number of hydrogen-bond acceptors (Lipinski definition) is 3. The van der Waals surface area contributed by atoms with Crippen LogP contribution in [0.15, 0.2) is 18.2 Å². The molecule has 0 aromatic heterocycles. The Morgan fingerprint density at radius 3 is 2.68 bits per heavy atom. The van der Waals surface area contributed by atoms with E-state index in [9.17, 15) is 9.59 Å². The van der Waals surface area contributed by atoms with Crippen LogP contribution >= 0.6 is 0 Å². The first-order chi connectivity index (χ1) is 10.5. The highest BCUT2D eigenvalue weighted by Gasteiger charge is 2.23. The Kier molecular flexibility index (Phi) is 5.58. The van der Waals surface area contributed by atoms with Crippen LogP contribution < -0.4 is 5.32 Å². The highest BCUT2D eigenvalue weighted by molar-refractivity contribution is 5.93. The molecule has 1 fully saturated rings. The van der Waals surface area contributed by atoms with Crippen molar-refractivity contribution < 1.29 is 14.3 Å². The van der Waals surface area contributed by atoms with Gasteiger partial charge in [-0.05, 0) is 49.8 Å². The van der Waals surface area contributed by atoms with Gasteiger partial charge in [0, 0.05) is 6.04 Å². The number of esters is 1. The van der Waals surface area contributed by atoms with Gasteiger partial charge < -0.3 is 10.1 Å². The maximum absolute atomic E-state index is 12.1. The topological polar surface area (TPSA) is 55.4 Å². The van der Waals surface area contributed by atoms with Crippen molar-refractivity contribution in [1.82, 2.24) is 5.32 Å². The number of carbonyl (C=O) groups excluding carboxylic acids is 2. The number of rotatable bonds is 4. The molecule has 1 aliphatic rings. The van der Waals surface area contributed by atoms with Gasteiger partial charge in [-0.15, -0.1) is 0 Å². The Hall–Kier alpha value is -1.84. The van der Waals surface area contributed by atoms with Crippen molar-refractivity contribution >= 4 is 11.9 Å². The van der Waals surface area contributed by atoms with Gasteiger partial charge in [-0.1, -0.05) is 31.9 Å². The fraction of sp³-hybridized carbons (Fsp3) is 0.556. The Balaban J connectivity index is 1.85. The van der Waals surface area contributed by atoms with Crippen LogP contribution in [0.2, 0.25) is 0 Å². The van der Waals surface area contributed by atoms with Crippen molar-refractivity contribution in [3.63, 3.8) is 0 Å². The van der Waals surface area contributed by atoms with Gasteiger partial charge in [-0.2, -0.15) is 0 Å². The van der Waals surface area contributed by atoms with Crippen LogP contribution in [0.25, 0.3) is 0 Å². The van der Waals surface area contributed by atoms with Gasteiger partial charge in [0.1, 0.15) is 0 Å². The fourth-order valence-electron chi connectivity index (χ4n) is 2.96. The van der Waals surface area contributed by atoms with E-state index in [1.165, 1.54) is 6.42 Å². The summed E-state index contributed by atoms with van der Waals surface area (Å²) in [4.78, 5) is 24.0. The molecule has 2 atom stereocenters. The van der Waals surface area contributed by atoms with E-state index in [4.69, 9.17) is 4.74 Å². The molecular weight excluding hydrogens is 278 g/mol. The lowest BCUT2D eigenvalue weighted by atomic mass is 9.86. The van der Waals surface area contributed by atoms with E-state index < -0.39 is 5.97 Å². The van der Waals surface area contributed by atoms with Crippen LogP contribution in [0.3, 0.4) is 0 Å². The largest absolute Gasteiger partial charge is 0.452 e. The van der Waals surface area contributed by atoms with Gasteiger partial charge in [0.15, 0.2) is 6.61 Å². The summed E-state index contributed by atoms with van der Waals surface area (Å²) >= 11 is 0. The first-order valence-electron chi connectivity index (χ1n) is 8.01. The number of hydrogen-bond donors (Lipinski definition) is 1. The van der Waals surface area contributed by atoms with Crippen molar-refractivity contribution in [3.8, 4) is 0 Å². The van der Waals surface area contributed by atoms with E-state index in [-0.39, 0.29) is 18.6 Å². The maximum Gasteiger partial charge on any atom is 0.338 e. The molecule has 120 valence electrons. The van der Waals surface area contributed by atoms with Crippen molar-refractivity contribution in [2.75, 3.05) is 6.61 Å². The smallest absolute Gasteiger partial charge is 0.338 e. The van der Waals surface area contributed by atoms with Crippen LogP contribution in [0, 0.1) is 19.8 Å².